The van der Waals surface area contributed by atoms with E-state index in [9.17, 15) is 19.1 Å². The Morgan fingerprint density at radius 2 is 1.93 bits per heavy atom. The first kappa shape index (κ1) is 20.1. The molecule has 0 spiro atoms. The Hall–Kier alpha value is -3.15. The van der Waals surface area contributed by atoms with Crippen LogP contribution in [0.25, 0.3) is 0 Å². The van der Waals surface area contributed by atoms with Gasteiger partial charge in [0.25, 0.3) is 5.91 Å². The fourth-order valence-electron chi connectivity index (χ4n) is 4.25. The molecule has 2 N–H and O–H groups in total. The van der Waals surface area contributed by atoms with Crippen molar-refractivity contribution in [1.82, 2.24) is 10.2 Å². The minimum absolute atomic E-state index is 0.0122. The number of hydrogen-bond acceptors (Lipinski definition) is 3. The van der Waals surface area contributed by atoms with Crippen molar-refractivity contribution in [2.75, 3.05) is 13.1 Å². The monoisotopic (exact) mass is 408 g/mol. The predicted molar refractivity (Wildman–Crippen MR) is 111 cm³/mol. The molecule has 2 aliphatic rings. The number of allylic oxidation sites excluding steroid dienone is 1. The SMILES string of the molecule is O=C(c1ccc(O)cc1F)N1CC(Cc2ccccc2)(C(=O)NC2C=CCCC2)C1. The van der Waals surface area contributed by atoms with E-state index in [1.165, 1.54) is 17.0 Å². The Kier molecular flexibility index (Phi) is 5.57. The molecule has 0 saturated carbocycles. The molecule has 1 fully saturated rings. The highest BCUT2D eigenvalue weighted by Gasteiger charge is 2.51. The second-order valence-electron chi connectivity index (χ2n) is 8.21. The Balaban J connectivity index is 1.52. The number of carbonyl (C=O) groups excluding carboxylic acids is 2. The maximum absolute atomic E-state index is 14.1. The summed E-state index contributed by atoms with van der Waals surface area (Å²) < 4.78 is 14.1. The second-order valence-corrected chi connectivity index (χ2v) is 8.21. The molecular weight excluding hydrogens is 383 g/mol. The molecule has 1 heterocycles. The van der Waals surface area contributed by atoms with Crippen LogP contribution in [-0.2, 0) is 11.2 Å². The molecule has 1 aliphatic carbocycles. The Bertz CT molecular complexity index is 968. The van der Waals surface area contributed by atoms with Crippen molar-refractivity contribution in [2.45, 2.75) is 31.7 Å². The van der Waals surface area contributed by atoms with Crippen LogP contribution in [-0.4, -0.2) is 41.0 Å². The van der Waals surface area contributed by atoms with Gasteiger partial charge in [-0.2, -0.15) is 0 Å². The first-order valence-electron chi connectivity index (χ1n) is 10.3. The topological polar surface area (TPSA) is 69.6 Å². The molecule has 1 saturated heterocycles. The highest BCUT2D eigenvalue weighted by atomic mass is 19.1. The zero-order chi connectivity index (χ0) is 21.1. The first-order chi connectivity index (χ1) is 14.5. The Morgan fingerprint density at radius 1 is 1.17 bits per heavy atom. The van der Waals surface area contributed by atoms with E-state index in [2.05, 4.69) is 11.4 Å². The summed E-state index contributed by atoms with van der Waals surface area (Å²) in [5, 5.41) is 12.5. The number of hydrogen-bond donors (Lipinski definition) is 2. The average Bonchev–Trinajstić information content (AvgIpc) is 2.71. The fraction of sp³-hybridized carbons (Fsp3) is 0.333. The minimum Gasteiger partial charge on any atom is -0.508 e. The smallest absolute Gasteiger partial charge is 0.256 e. The predicted octanol–water partition coefficient (Wildman–Crippen LogP) is 3.44. The van der Waals surface area contributed by atoms with Crippen molar-refractivity contribution in [1.29, 1.82) is 0 Å². The van der Waals surface area contributed by atoms with Crippen molar-refractivity contribution in [2.24, 2.45) is 5.41 Å². The molecule has 5 nitrogen and oxygen atoms in total. The van der Waals surface area contributed by atoms with Crippen LogP contribution in [0.15, 0.2) is 60.7 Å². The summed E-state index contributed by atoms with van der Waals surface area (Å²) in [6, 6.07) is 13.2. The molecule has 1 aliphatic heterocycles. The number of phenols is 1. The molecule has 0 radical (unpaired) electrons. The number of halogens is 1. The summed E-state index contributed by atoms with van der Waals surface area (Å²) in [5.74, 6) is -1.54. The minimum atomic E-state index is -0.766. The van der Waals surface area contributed by atoms with Gasteiger partial charge in [-0.25, -0.2) is 4.39 Å². The maximum Gasteiger partial charge on any atom is 0.256 e. The van der Waals surface area contributed by atoms with Gasteiger partial charge in [-0.05, 0) is 43.4 Å². The Labute approximate surface area is 175 Å². The molecule has 0 bridgehead atoms. The normalized spacial score (nSPS) is 19.8. The van der Waals surface area contributed by atoms with Crippen molar-refractivity contribution in [3.05, 3.63) is 77.6 Å². The van der Waals surface area contributed by atoms with Gasteiger partial charge in [-0.3, -0.25) is 9.59 Å². The maximum atomic E-state index is 14.1. The van der Waals surface area contributed by atoms with E-state index in [0.29, 0.717) is 6.42 Å². The number of nitrogens with one attached hydrogen (secondary N) is 1. The van der Waals surface area contributed by atoms with Crippen molar-refractivity contribution in [3.8, 4) is 5.75 Å². The zero-order valence-corrected chi connectivity index (χ0v) is 16.7. The van der Waals surface area contributed by atoms with Crippen LogP contribution in [0.2, 0.25) is 0 Å². The van der Waals surface area contributed by atoms with Crippen LogP contribution < -0.4 is 5.32 Å². The van der Waals surface area contributed by atoms with E-state index in [0.717, 1.165) is 30.9 Å². The number of aromatic hydroxyl groups is 1. The third kappa shape index (κ3) is 4.08. The number of carbonyl (C=O) groups is 2. The van der Waals surface area contributed by atoms with Gasteiger partial charge in [0, 0.05) is 25.2 Å². The van der Waals surface area contributed by atoms with Gasteiger partial charge in [-0.15, -0.1) is 0 Å². The number of amides is 2. The number of likely N-dealkylation sites (tertiary alicyclic amines) is 1. The zero-order valence-electron chi connectivity index (χ0n) is 16.7. The van der Waals surface area contributed by atoms with Crippen LogP contribution in [0.1, 0.15) is 35.2 Å². The molecule has 1 atom stereocenters. The quantitative estimate of drug-likeness (QED) is 0.745. The lowest BCUT2D eigenvalue weighted by molar-refractivity contribution is -0.139. The summed E-state index contributed by atoms with van der Waals surface area (Å²) in [7, 11) is 0. The number of benzene rings is 2. The van der Waals surface area contributed by atoms with Gasteiger partial charge in [0.15, 0.2) is 0 Å². The van der Waals surface area contributed by atoms with E-state index in [4.69, 9.17) is 0 Å². The molecule has 2 amide bonds. The molecule has 30 heavy (non-hydrogen) atoms. The van der Waals surface area contributed by atoms with Crippen LogP contribution in [0.4, 0.5) is 4.39 Å². The lowest BCUT2D eigenvalue weighted by Crippen LogP contribution is -2.66. The summed E-state index contributed by atoms with van der Waals surface area (Å²) >= 11 is 0. The third-order valence-electron chi connectivity index (χ3n) is 5.90. The summed E-state index contributed by atoms with van der Waals surface area (Å²) in [5.41, 5.74) is 0.182. The van der Waals surface area contributed by atoms with Crippen LogP contribution in [0.5, 0.6) is 5.75 Å². The van der Waals surface area contributed by atoms with Crippen molar-refractivity contribution < 1.29 is 19.1 Å². The first-order valence-corrected chi connectivity index (χ1v) is 10.3. The van der Waals surface area contributed by atoms with E-state index in [1.807, 2.05) is 36.4 Å². The van der Waals surface area contributed by atoms with Crippen LogP contribution in [0, 0.1) is 11.2 Å². The lowest BCUT2D eigenvalue weighted by atomic mass is 9.73. The van der Waals surface area contributed by atoms with Gasteiger partial charge in [0.1, 0.15) is 11.6 Å². The lowest BCUT2D eigenvalue weighted by Gasteiger charge is -2.49. The standard InChI is InChI=1S/C24H25FN2O3/c25-21-13-19(28)11-12-20(21)22(29)27-15-24(16-27,14-17-7-3-1-4-8-17)23(30)26-18-9-5-2-6-10-18/h1,3-5,7-9,11-13,18,28H,2,6,10,14-16H2,(H,26,30). The largest absolute Gasteiger partial charge is 0.508 e. The highest BCUT2D eigenvalue weighted by molar-refractivity contribution is 5.97. The Morgan fingerprint density at radius 3 is 2.60 bits per heavy atom. The van der Waals surface area contributed by atoms with Gasteiger partial charge in [-0.1, -0.05) is 42.5 Å². The number of nitrogens with zero attached hydrogens (tertiary/aromatic N) is 1. The molecule has 4 rings (SSSR count). The molecule has 156 valence electrons. The number of phenolic OH excluding ortho intramolecular Hbond substituents is 1. The van der Waals surface area contributed by atoms with Crippen LogP contribution in [0.3, 0.4) is 0 Å². The number of rotatable bonds is 5. The molecule has 0 aromatic heterocycles. The molecule has 2 aromatic rings. The molecule has 2 aromatic carbocycles. The van der Waals surface area contributed by atoms with Gasteiger partial charge >= 0.3 is 0 Å². The summed E-state index contributed by atoms with van der Waals surface area (Å²) in [4.78, 5) is 27.5. The fourth-order valence-corrected chi connectivity index (χ4v) is 4.25. The van der Waals surface area contributed by atoms with Gasteiger partial charge in [0.2, 0.25) is 5.91 Å². The van der Waals surface area contributed by atoms with E-state index < -0.39 is 17.1 Å². The molecular formula is C24H25FN2O3. The highest BCUT2D eigenvalue weighted by Crippen LogP contribution is 2.36. The third-order valence-corrected chi connectivity index (χ3v) is 5.90. The van der Waals surface area contributed by atoms with E-state index >= 15 is 0 Å². The van der Waals surface area contributed by atoms with Crippen molar-refractivity contribution >= 4 is 11.8 Å². The van der Waals surface area contributed by atoms with Gasteiger partial charge in [0.05, 0.1) is 11.0 Å². The van der Waals surface area contributed by atoms with E-state index in [-0.39, 0.29) is 36.4 Å². The van der Waals surface area contributed by atoms with Crippen molar-refractivity contribution in [3.63, 3.8) is 0 Å². The average molecular weight is 408 g/mol. The second kappa shape index (κ2) is 8.30. The molecule has 6 heteroatoms. The summed E-state index contributed by atoms with van der Waals surface area (Å²) in [6.07, 6.45) is 7.61. The van der Waals surface area contributed by atoms with E-state index in [1.54, 1.807) is 0 Å². The van der Waals surface area contributed by atoms with Crippen LogP contribution >= 0.6 is 0 Å². The summed E-state index contributed by atoms with van der Waals surface area (Å²) in [6.45, 7) is 0.451. The van der Waals surface area contributed by atoms with Gasteiger partial charge < -0.3 is 15.3 Å². The molecule has 1 unspecified atom stereocenters.